The Morgan fingerprint density at radius 2 is 1.92 bits per heavy atom. The molecule has 0 radical (unpaired) electrons. The van der Waals surface area contributed by atoms with Crippen LogP contribution in [0, 0.1) is 5.92 Å². The van der Waals surface area contributed by atoms with Gasteiger partial charge in [-0.25, -0.2) is 4.79 Å². The number of hydrogen-bond acceptors (Lipinski definition) is 3. The van der Waals surface area contributed by atoms with Crippen LogP contribution >= 0.6 is 0 Å². The molecule has 5 nitrogen and oxygen atoms in total. The number of carbonyl (C=O) groups is 3. The highest BCUT2D eigenvalue weighted by molar-refractivity contribution is 6.11. The van der Waals surface area contributed by atoms with Gasteiger partial charge >= 0.3 is 6.03 Å². The molecule has 1 spiro atoms. The van der Waals surface area contributed by atoms with Crippen molar-refractivity contribution in [2.24, 2.45) is 5.92 Å². The van der Waals surface area contributed by atoms with Crippen LogP contribution in [-0.4, -0.2) is 34.7 Å². The minimum Gasteiger partial charge on any atom is -0.323 e. The number of amides is 3. The topological polar surface area (TPSA) is 66.5 Å². The van der Waals surface area contributed by atoms with Crippen LogP contribution in [0.2, 0.25) is 0 Å². The molecule has 132 valence electrons. The third-order valence-electron chi connectivity index (χ3n) is 6.10. The van der Waals surface area contributed by atoms with E-state index in [2.05, 4.69) is 12.2 Å². The maximum Gasteiger partial charge on any atom is 0.325 e. The molecule has 0 atom stereocenters. The van der Waals surface area contributed by atoms with E-state index < -0.39 is 11.6 Å². The van der Waals surface area contributed by atoms with Gasteiger partial charge in [-0.2, -0.15) is 0 Å². The molecule has 1 aliphatic heterocycles. The second-order valence-electron chi connectivity index (χ2n) is 7.85. The highest BCUT2D eigenvalue weighted by atomic mass is 16.2. The zero-order valence-electron chi connectivity index (χ0n) is 14.6. The summed E-state index contributed by atoms with van der Waals surface area (Å²) in [6, 6.07) is 5.34. The summed E-state index contributed by atoms with van der Waals surface area (Å²) in [5.41, 5.74) is 2.35. The monoisotopic (exact) mass is 340 g/mol. The molecule has 1 heterocycles. The maximum absolute atomic E-state index is 12.8. The van der Waals surface area contributed by atoms with Crippen molar-refractivity contribution in [1.82, 2.24) is 10.2 Å². The summed E-state index contributed by atoms with van der Waals surface area (Å²) in [6.45, 7) is 2.00. The number of carbonyl (C=O) groups excluding carboxylic acids is 3. The number of Topliss-reactive ketones (excluding diaryl/α,β-unsaturated/α-hetero) is 1. The largest absolute Gasteiger partial charge is 0.325 e. The second-order valence-corrected chi connectivity index (χ2v) is 7.85. The van der Waals surface area contributed by atoms with E-state index in [1.807, 2.05) is 18.2 Å². The number of rotatable bonds is 3. The Balaban J connectivity index is 1.49. The summed E-state index contributed by atoms with van der Waals surface area (Å²) in [5.74, 6) is 0.191. The molecule has 1 aromatic rings. The quantitative estimate of drug-likeness (QED) is 0.680. The van der Waals surface area contributed by atoms with Crippen molar-refractivity contribution in [3.63, 3.8) is 0 Å². The van der Waals surface area contributed by atoms with Gasteiger partial charge in [-0.15, -0.1) is 0 Å². The molecule has 0 unspecified atom stereocenters. The summed E-state index contributed by atoms with van der Waals surface area (Å²) in [4.78, 5) is 38.9. The lowest BCUT2D eigenvalue weighted by Gasteiger charge is -2.33. The van der Waals surface area contributed by atoms with Gasteiger partial charge in [0.1, 0.15) is 5.54 Å². The molecule has 1 saturated heterocycles. The SMILES string of the molecule is CC1CCC2(CC1)NC(=O)N(CC(=O)c1ccc3c(c1)CCC3)C2=O. The first-order valence-electron chi connectivity index (χ1n) is 9.28. The van der Waals surface area contributed by atoms with Crippen molar-refractivity contribution in [3.05, 3.63) is 34.9 Å². The number of urea groups is 1. The summed E-state index contributed by atoms with van der Waals surface area (Å²) in [7, 11) is 0. The van der Waals surface area contributed by atoms with Crippen LogP contribution in [0.15, 0.2) is 18.2 Å². The molecule has 1 aromatic carbocycles. The molecular formula is C20H24N2O3. The smallest absolute Gasteiger partial charge is 0.323 e. The summed E-state index contributed by atoms with van der Waals surface area (Å²) < 4.78 is 0. The van der Waals surface area contributed by atoms with Crippen LogP contribution in [0.1, 0.15) is 60.5 Å². The molecule has 3 amide bonds. The first-order valence-corrected chi connectivity index (χ1v) is 9.28. The molecule has 1 N–H and O–H groups in total. The molecule has 5 heteroatoms. The molecule has 3 aliphatic rings. The standard InChI is InChI=1S/C20H24N2O3/c1-13-7-9-20(10-8-13)18(24)22(19(25)21-20)12-17(23)16-6-5-14-3-2-4-15(14)11-16/h5-6,11,13H,2-4,7-10,12H2,1H3,(H,21,25). The van der Waals surface area contributed by atoms with Gasteiger partial charge in [-0.3, -0.25) is 14.5 Å². The third-order valence-corrected chi connectivity index (χ3v) is 6.10. The maximum atomic E-state index is 12.8. The lowest BCUT2D eigenvalue weighted by atomic mass is 9.77. The van der Waals surface area contributed by atoms with Crippen molar-refractivity contribution in [1.29, 1.82) is 0 Å². The van der Waals surface area contributed by atoms with Gasteiger partial charge in [0.05, 0.1) is 6.54 Å². The lowest BCUT2D eigenvalue weighted by Crippen LogP contribution is -2.49. The van der Waals surface area contributed by atoms with Crippen molar-refractivity contribution in [2.75, 3.05) is 6.54 Å². The predicted octanol–water partition coefficient (Wildman–Crippen LogP) is 2.86. The van der Waals surface area contributed by atoms with Gasteiger partial charge in [0.25, 0.3) is 5.91 Å². The van der Waals surface area contributed by atoms with Crippen LogP contribution in [-0.2, 0) is 17.6 Å². The normalized spacial score (nSPS) is 28.4. The summed E-state index contributed by atoms with van der Waals surface area (Å²) >= 11 is 0. The van der Waals surface area contributed by atoms with E-state index >= 15 is 0 Å². The molecule has 1 saturated carbocycles. The zero-order chi connectivity index (χ0) is 17.6. The molecule has 4 rings (SSSR count). The number of fused-ring (bicyclic) bond motifs is 1. The van der Waals surface area contributed by atoms with E-state index in [1.165, 1.54) is 11.1 Å². The van der Waals surface area contributed by atoms with Crippen LogP contribution in [0.5, 0.6) is 0 Å². The van der Waals surface area contributed by atoms with E-state index in [4.69, 9.17) is 0 Å². The number of imide groups is 1. The predicted molar refractivity (Wildman–Crippen MR) is 93.4 cm³/mol. The Labute approximate surface area is 147 Å². The average molecular weight is 340 g/mol. The van der Waals surface area contributed by atoms with Crippen LogP contribution in [0.25, 0.3) is 0 Å². The van der Waals surface area contributed by atoms with Gasteiger partial charge in [0, 0.05) is 5.56 Å². The van der Waals surface area contributed by atoms with E-state index in [1.54, 1.807) is 0 Å². The highest BCUT2D eigenvalue weighted by Crippen LogP contribution is 2.36. The van der Waals surface area contributed by atoms with Crippen molar-refractivity contribution in [2.45, 2.75) is 57.4 Å². The van der Waals surface area contributed by atoms with Gasteiger partial charge in [0.15, 0.2) is 5.78 Å². The first kappa shape index (κ1) is 16.3. The Bertz CT molecular complexity index is 747. The minimum atomic E-state index is -0.776. The summed E-state index contributed by atoms with van der Waals surface area (Å²) in [5, 5.41) is 2.87. The molecule has 0 bridgehead atoms. The Hall–Kier alpha value is -2.17. The van der Waals surface area contributed by atoms with Crippen LogP contribution < -0.4 is 5.32 Å². The minimum absolute atomic E-state index is 0.166. The molecule has 0 aromatic heterocycles. The van der Waals surface area contributed by atoms with Crippen molar-refractivity contribution < 1.29 is 14.4 Å². The van der Waals surface area contributed by atoms with Crippen LogP contribution in [0.3, 0.4) is 0 Å². The fourth-order valence-electron chi connectivity index (χ4n) is 4.39. The molecular weight excluding hydrogens is 316 g/mol. The van der Waals surface area contributed by atoms with E-state index in [-0.39, 0.29) is 18.2 Å². The van der Waals surface area contributed by atoms with E-state index in [0.717, 1.165) is 37.0 Å². The van der Waals surface area contributed by atoms with Gasteiger partial charge in [-0.05, 0) is 68.1 Å². The molecule has 2 fully saturated rings. The number of benzene rings is 1. The number of ketones is 1. The fraction of sp³-hybridized carbons (Fsp3) is 0.550. The molecule has 25 heavy (non-hydrogen) atoms. The Morgan fingerprint density at radius 3 is 2.68 bits per heavy atom. The second kappa shape index (κ2) is 5.97. The van der Waals surface area contributed by atoms with Crippen molar-refractivity contribution in [3.8, 4) is 0 Å². The number of hydrogen-bond donors (Lipinski definition) is 1. The average Bonchev–Trinajstić information content (AvgIpc) is 3.16. The Kier molecular flexibility index (Phi) is 3.89. The fourth-order valence-corrected chi connectivity index (χ4v) is 4.39. The summed E-state index contributed by atoms with van der Waals surface area (Å²) in [6.07, 6.45) is 6.39. The third kappa shape index (κ3) is 2.75. The number of nitrogens with one attached hydrogen (secondary N) is 1. The lowest BCUT2D eigenvalue weighted by molar-refractivity contribution is -0.132. The van der Waals surface area contributed by atoms with Gasteiger partial charge < -0.3 is 5.32 Å². The highest BCUT2D eigenvalue weighted by Gasteiger charge is 2.52. The van der Waals surface area contributed by atoms with Crippen molar-refractivity contribution >= 4 is 17.7 Å². The molecule has 2 aliphatic carbocycles. The Morgan fingerprint density at radius 1 is 1.20 bits per heavy atom. The first-order chi connectivity index (χ1) is 12.0. The number of nitrogens with zero attached hydrogens (tertiary/aromatic N) is 1. The zero-order valence-corrected chi connectivity index (χ0v) is 14.6. The van der Waals surface area contributed by atoms with E-state index in [9.17, 15) is 14.4 Å². The van der Waals surface area contributed by atoms with Crippen LogP contribution in [0.4, 0.5) is 4.79 Å². The van der Waals surface area contributed by atoms with Gasteiger partial charge in [0.2, 0.25) is 0 Å². The van der Waals surface area contributed by atoms with E-state index in [0.29, 0.717) is 24.3 Å². The number of aryl methyl sites for hydroxylation is 2. The van der Waals surface area contributed by atoms with Gasteiger partial charge in [-0.1, -0.05) is 19.1 Å².